The maximum absolute atomic E-state index is 13.9. The van der Waals surface area contributed by atoms with E-state index in [1.165, 1.54) is 6.07 Å². The zero-order valence-corrected chi connectivity index (χ0v) is 9.76. The Kier molecular flexibility index (Phi) is 2.63. The van der Waals surface area contributed by atoms with E-state index in [0.717, 1.165) is 12.0 Å². The molecule has 1 aromatic rings. The van der Waals surface area contributed by atoms with Crippen LogP contribution in [0.4, 0.5) is 4.39 Å². The maximum atomic E-state index is 13.9. The van der Waals surface area contributed by atoms with Gasteiger partial charge in [0.1, 0.15) is 21.5 Å². The average Bonchev–Trinajstić information content (AvgIpc) is 2.24. The number of rotatable bonds is 1. The van der Waals surface area contributed by atoms with Gasteiger partial charge in [-0.25, -0.2) is 4.39 Å². The zero-order chi connectivity index (χ0) is 12.0. The molecule has 0 unspecified atom stereocenters. The lowest BCUT2D eigenvalue weighted by Gasteiger charge is -2.42. The first-order chi connectivity index (χ1) is 7.41. The molecule has 1 aromatic carbocycles. The van der Waals surface area contributed by atoms with E-state index in [1.54, 1.807) is 6.07 Å². The second-order valence-corrected chi connectivity index (χ2v) is 5.36. The minimum Gasteiger partial charge on any atom is -0.394 e. The number of aliphatic hydroxyl groups is 1. The van der Waals surface area contributed by atoms with Crippen LogP contribution in [0.15, 0.2) is 18.2 Å². The van der Waals surface area contributed by atoms with Gasteiger partial charge >= 0.3 is 0 Å². The average molecular weight is 219 g/mol. The summed E-state index contributed by atoms with van der Waals surface area (Å²) in [6, 6.07) is 4.95. The van der Waals surface area contributed by atoms with Crippen LogP contribution in [-0.4, -0.2) is 27.4 Å². The Hall–Kier alpha value is -0.800. The first kappa shape index (κ1) is 11.7. The Morgan fingerprint density at radius 2 is 2.06 bits per heavy atom. The lowest BCUT2D eigenvalue weighted by Crippen LogP contribution is -2.49. The van der Waals surface area contributed by atoms with Crippen molar-refractivity contribution in [3.05, 3.63) is 35.1 Å². The predicted octanol–water partition coefficient (Wildman–Crippen LogP) is -0.815. The van der Waals surface area contributed by atoms with E-state index in [1.807, 2.05) is 21.8 Å². The summed E-state index contributed by atoms with van der Waals surface area (Å²) >= 11 is 0. The summed E-state index contributed by atoms with van der Waals surface area (Å²) < 4.78 is 13.9. The fraction of sp³-hybridized carbons (Fsp3) is 0.455. The summed E-state index contributed by atoms with van der Waals surface area (Å²) in [5.74, 6) is -0.217. The zero-order valence-electron chi connectivity index (χ0n) is 9.76. The minimum atomic E-state index is -0.785. The van der Waals surface area contributed by atoms with Crippen molar-refractivity contribution in [2.75, 3.05) is 6.61 Å². The highest BCUT2D eigenvalue weighted by Crippen LogP contribution is 2.41. The molecule has 0 saturated heterocycles. The molecule has 0 amide bonds. The van der Waals surface area contributed by atoms with Gasteiger partial charge in [-0.1, -0.05) is 23.8 Å². The molecule has 5 heteroatoms. The standard InChI is InChI=1S/C11H16B2FNO/c12-11(13)5-4-10(15,6-16)7-2-1-3-8(14)9(7)11/h1-3,16H,4-6,12-13,15H2/t10-/m1/s1. The van der Waals surface area contributed by atoms with Crippen LogP contribution in [0, 0.1) is 5.82 Å². The lowest BCUT2D eigenvalue weighted by atomic mass is 9.44. The molecule has 1 atom stereocenters. The van der Waals surface area contributed by atoms with Crippen molar-refractivity contribution in [1.29, 1.82) is 0 Å². The van der Waals surface area contributed by atoms with Crippen molar-refractivity contribution in [1.82, 2.24) is 0 Å². The molecule has 0 fully saturated rings. The number of halogens is 1. The van der Waals surface area contributed by atoms with E-state index < -0.39 is 5.54 Å². The van der Waals surface area contributed by atoms with Gasteiger partial charge in [-0.15, -0.1) is 0 Å². The fourth-order valence-electron chi connectivity index (χ4n) is 2.59. The molecule has 0 saturated carbocycles. The molecule has 0 aromatic heterocycles. The van der Waals surface area contributed by atoms with Crippen LogP contribution < -0.4 is 5.73 Å². The molecular formula is C11H16B2FNO. The van der Waals surface area contributed by atoms with Crippen LogP contribution in [0.2, 0.25) is 0 Å². The van der Waals surface area contributed by atoms with Gasteiger partial charge in [-0.2, -0.15) is 0 Å². The molecule has 0 heterocycles. The number of nitrogens with two attached hydrogens (primary N) is 1. The first-order valence-electron chi connectivity index (χ1n) is 5.60. The summed E-state index contributed by atoms with van der Waals surface area (Å²) in [5, 5.41) is 9.20. The molecule has 2 nitrogen and oxygen atoms in total. The van der Waals surface area contributed by atoms with Crippen molar-refractivity contribution in [2.45, 2.75) is 23.6 Å². The topological polar surface area (TPSA) is 46.2 Å². The number of aliphatic hydroxyl groups excluding tert-OH is 1. The Bertz CT molecular complexity index is 424. The Labute approximate surface area is 96.9 Å². The van der Waals surface area contributed by atoms with E-state index in [2.05, 4.69) is 0 Å². The SMILES string of the molecule is BC1(B)CC[C@@](N)(CO)c2cccc(F)c21. The van der Waals surface area contributed by atoms with Crippen LogP contribution in [0.25, 0.3) is 0 Å². The molecule has 3 N–H and O–H groups in total. The largest absolute Gasteiger partial charge is 0.394 e. The van der Waals surface area contributed by atoms with E-state index in [-0.39, 0.29) is 17.6 Å². The summed E-state index contributed by atoms with van der Waals surface area (Å²) in [5.41, 5.74) is 6.78. The van der Waals surface area contributed by atoms with Crippen molar-refractivity contribution in [3.8, 4) is 0 Å². The number of benzene rings is 1. The molecular weight excluding hydrogens is 203 g/mol. The summed E-state index contributed by atoms with van der Waals surface area (Å²) in [4.78, 5) is 0. The van der Waals surface area contributed by atoms with Crippen molar-refractivity contribution in [2.24, 2.45) is 5.73 Å². The van der Waals surface area contributed by atoms with E-state index in [0.29, 0.717) is 12.0 Å². The molecule has 1 aliphatic carbocycles. The third-order valence-electron chi connectivity index (χ3n) is 3.71. The third kappa shape index (κ3) is 1.59. The molecule has 2 rings (SSSR count). The molecule has 0 aliphatic heterocycles. The summed E-state index contributed by atoms with van der Waals surface area (Å²) in [6.07, 6.45) is 1.48. The summed E-state index contributed by atoms with van der Waals surface area (Å²) in [7, 11) is 4.04. The number of hydrogen-bond donors (Lipinski definition) is 2. The van der Waals surface area contributed by atoms with Crippen molar-refractivity contribution in [3.63, 3.8) is 0 Å². The highest BCUT2D eigenvalue weighted by Gasteiger charge is 2.41. The Balaban J connectivity index is 2.67. The second-order valence-electron chi connectivity index (χ2n) is 5.36. The van der Waals surface area contributed by atoms with Gasteiger partial charge in [-0.05, 0) is 23.6 Å². The fourth-order valence-corrected chi connectivity index (χ4v) is 2.59. The van der Waals surface area contributed by atoms with Gasteiger partial charge < -0.3 is 10.8 Å². The summed E-state index contributed by atoms with van der Waals surface area (Å²) in [6.45, 7) is -0.139. The van der Waals surface area contributed by atoms with Gasteiger partial charge in [0, 0.05) is 0 Å². The Morgan fingerprint density at radius 1 is 1.38 bits per heavy atom. The first-order valence-corrected chi connectivity index (χ1v) is 5.60. The van der Waals surface area contributed by atoms with Crippen LogP contribution >= 0.6 is 0 Å². The Morgan fingerprint density at radius 3 is 2.69 bits per heavy atom. The molecule has 16 heavy (non-hydrogen) atoms. The molecule has 0 radical (unpaired) electrons. The van der Waals surface area contributed by atoms with Crippen LogP contribution in [-0.2, 0) is 10.8 Å². The molecule has 0 spiro atoms. The molecule has 0 bridgehead atoms. The third-order valence-corrected chi connectivity index (χ3v) is 3.71. The highest BCUT2D eigenvalue weighted by molar-refractivity contribution is 6.40. The quantitative estimate of drug-likeness (QED) is 0.606. The van der Waals surface area contributed by atoms with Gasteiger partial charge in [0.25, 0.3) is 0 Å². The lowest BCUT2D eigenvalue weighted by molar-refractivity contribution is 0.174. The molecule has 84 valence electrons. The normalized spacial score (nSPS) is 27.4. The van der Waals surface area contributed by atoms with Crippen LogP contribution in [0.5, 0.6) is 0 Å². The van der Waals surface area contributed by atoms with Gasteiger partial charge in [-0.3, -0.25) is 0 Å². The highest BCUT2D eigenvalue weighted by atomic mass is 19.1. The smallest absolute Gasteiger partial charge is 0.125 e. The van der Waals surface area contributed by atoms with Gasteiger partial charge in [0.05, 0.1) is 12.1 Å². The van der Waals surface area contributed by atoms with Crippen molar-refractivity contribution >= 4 is 15.7 Å². The van der Waals surface area contributed by atoms with E-state index in [9.17, 15) is 9.50 Å². The van der Waals surface area contributed by atoms with E-state index >= 15 is 0 Å². The maximum Gasteiger partial charge on any atom is 0.125 e. The second kappa shape index (κ2) is 3.60. The minimum absolute atomic E-state index is 0.139. The van der Waals surface area contributed by atoms with Crippen LogP contribution in [0.3, 0.4) is 0 Å². The van der Waals surface area contributed by atoms with Crippen molar-refractivity contribution < 1.29 is 9.50 Å². The number of fused-ring (bicyclic) bond motifs is 1. The van der Waals surface area contributed by atoms with Gasteiger partial charge in [0.15, 0.2) is 0 Å². The molecule has 1 aliphatic rings. The van der Waals surface area contributed by atoms with Gasteiger partial charge in [0.2, 0.25) is 0 Å². The van der Waals surface area contributed by atoms with E-state index in [4.69, 9.17) is 5.73 Å². The predicted molar refractivity (Wildman–Crippen MR) is 67.4 cm³/mol. The van der Waals surface area contributed by atoms with Crippen LogP contribution in [0.1, 0.15) is 24.0 Å². The number of hydrogen-bond acceptors (Lipinski definition) is 2. The monoisotopic (exact) mass is 219 g/mol.